The van der Waals surface area contributed by atoms with Gasteiger partial charge in [-0.15, -0.1) is 0 Å². The van der Waals surface area contributed by atoms with Crippen molar-refractivity contribution in [3.63, 3.8) is 0 Å². The molecule has 0 heterocycles. The lowest BCUT2D eigenvalue weighted by Gasteiger charge is -2.34. The Labute approximate surface area is 222 Å². The van der Waals surface area contributed by atoms with E-state index in [9.17, 15) is 0 Å². The number of rotatable bonds is 10. The highest BCUT2D eigenvalue weighted by Crippen LogP contribution is 2.41. The molecule has 0 amide bonds. The highest BCUT2D eigenvalue weighted by atomic mass is 14.3. The molecule has 0 aromatic heterocycles. The second-order valence-electron chi connectivity index (χ2n) is 12.0. The molecule has 0 radical (unpaired) electrons. The summed E-state index contributed by atoms with van der Waals surface area (Å²) in [5.41, 5.74) is 11.8. The number of hydrogen-bond acceptors (Lipinski definition) is 0. The Bertz CT molecular complexity index is 1140. The number of hydrogen-bond donors (Lipinski definition) is 0. The van der Waals surface area contributed by atoms with Crippen LogP contribution in [-0.4, -0.2) is 0 Å². The Morgan fingerprint density at radius 1 is 0.722 bits per heavy atom. The molecule has 3 aromatic carbocycles. The lowest BCUT2D eigenvalue weighted by Crippen LogP contribution is -2.26. The maximum Gasteiger partial charge on any atom is 0.0197 e. The smallest absolute Gasteiger partial charge is 0.0197 e. The van der Waals surface area contributed by atoms with E-state index in [0.29, 0.717) is 5.41 Å². The summed E-state index contributed by atoms with van der Waals surface area (Å²) < 4.78 is 0. The van der Waals surface area contributed by atoms with E-state index in [4.69, 9.17) is 0 Å². The van der Waals surface area contributed by atoms with E-state index in [1.807, 2.05) is 0 Å². The fourth-order valence-electron chi connectivity index (χ4n) is 6.33. The second-order valence-corrected chi connectivity index (χ2v) is 12.0. The van der Waals surface area contributed by atoms with Crippen LogP contribution in [0.3, 0.4) is 0 Å². The Morgan fingerprint density at radius 2 is 1.36 bits per heavy atom. The normalized spacial score (nSPS) is 13.1. The minimum absolute atomic E-state index is 0.0508. The van der Waals surface area contributed by atoms with Crippen molar-refractivity contribution in [1.82, 2.24) is 0 Å². The van der Waals surface area contributed by atoms with Crippen LogP contribution in [0.2, 0.25) is 0 Å². The van der Waals surface area contributed by atoms with Crippen LogP contribution in [0, 0.1) is 25.2 Å². The summed E-state index contributed by atoms with van der Waals surface area (Å²) >= 11 is 0. The molecular formula is C36H50. The fourth-order valence-corrected chi connectivity index (χ4v) is 6.33. The van der Waals surface area contributed by atoms with Crippen molar-refractivity contribution in [1.29, 1.82) is 0 Å². The molecule has 0 aliphatic rings. The van der Waals surface area contributed by atoms with Gasteiger partial charge in [0.2, 0.25) is 0 Å². The predicted octanol–water partition coefficient (Wildman–Crippen LogP) is 10.6. The summed E-state index contributed by atoms with van der Waals surface area (Å²) in [5.74, 6) is 0.765. The third-order valence-corrected chi connectivity index (χ3v) is 9.01. The van der Waals surface area contributed by atoms with Crippen LogP contribution in [0.15, 0.2) is 60.7 Å². The predicted molar refractivity (Wildman–Crippen MR) is 160 cm³/mol. The van der Waals surface area contributed by atoms with E-state index in [0.717, 1.165) is 25.2 Å². The van der Waals surface area contributed by atoms with Crippen molar-refractivity contribution < 1.29 is 0 Å². The van der Waals surface area contributed by atoms with Crippen LogP contribution in [0.1, 0.15) is 108 Å². The second kappa shape index (κ2) is 11.8. The molecule has 1 atom stereocenters. The van der Waals surface area contributed by atoms with Crippen molar-refractivity contribution in [2.75, 3.05) is 0 Å². The molecule has 3 aromatic rings. The molecule has 3 rings (SSSR count). The van der Waals surface area contributed by atoms with Gasteiger partial charge in [0, 0.05) is 5.41 Å². The zero-order valence-corrected chi connectivity index (χ0v) is 24.6. The van der Waals surface area contributed by atoms with E-state index >= 15 is 0 Å². The number of aryl methyl sites for hydroxylation is 4. The summed E-state index contributed by atoms with van der Waals surface area (Å²) in [5, 5.41) is 0. The minimum atomic E-state index is 0.0508. The van der Waals surface area contributed by atoms with Gasteiger partial charge < -0.3 is 0 Å². The monoisotopic (exact) mass is 482 g/mol. The van der Waals surface area contributed by atoms with Gasteiger partial charge in [-0.3, -0.25) is 0 Å². The van der Waals surface area contributed by atoms with Crippen molar-refractivity contribution in [3.05, 3.63) is 94.0 Å². The maximum atomic E-state index is 2.49. The third-order valence-electron chi connectivity index (χ3n) is 9.01. The largest absolute Gasteiger partial charge is 0.0651 e. The molecule has 36 heavy (non-hydrogen) atoms. The first kappa shape index (κ1) is 28.2. The number of benzene rings is 3. The van der Waals surface area contributed by atoms with Gasteiger partial charge in [0.1, 0.15) is 0 Å². The first-order valence-electron chi connectivity index (χ1n) is 14.4. The third kappa shape index (κ3) is 5.96. The van der Waals surface area contributed by atoms with Gasteiger partial charge in [0.15, 0.2) is 0 Å². The Morgan fingerprint density at radius 3 is 1.89 bits per heavy atom. The molecule has 0 saturated carbocycles. The molecule has 0 N–H and O–H groups in total. The molecule has 1 unspecified atom stereocenters. The van der Waals surface area contributed by atoms with E-state index in [2.05, 4.69) is 123 Å². The molecule has 0 bridgehead atoms. The summed E-state index contributed by atoms with van der Waals surface area (Å²) in [6.45, 7) is 21.1. The topological polar surface area (TPSA) is 0 Å². The Hall–Kier alpha value is -2.34. The molecule has 0 nitrogen and oxygen atoms in total. The van der Waals surface area contributed by atoms with Crippen molar-refractivity contribution in [2.24, 2.45) is 11.3 Å². The molecule has 0 saturated heterocycles. The lowest BCUT2D eigenvalue weighted by atomic mass is 9.69. The molecule has 0 heteroatoms. The standard InChI is InChI=1S/C36H50/c1-10-28-15-14-16-30(25-28)34-22-21-33(24-27(34)6)36(12-3,13-4)32-20-18-29(26(5)23-32)17-19-31(11-2)35(7,8)9/h14-16,18,20-25,31H,10-13,17,19H2,1-9H3. The minimum Gasteiger partial charge on any atom is -0.0651 e. The van der Waals surface area contributed by atoms with Crippen LogP contribution >= 0.6 is 0 Å². The van der Waals surface area contributed by atoms with E-state index in [1.54, 1.807) is 0 Å². The van der Waals surface area contributed by atoms with Crippen molar-refractivity contribution in [3.8, 4) is 11.1 Å². The van der Waals surface area contributed by atoms with Crippen molar-refractivity contribution >= 4 is 0 Å². The van der Waals surface area contributed by atoms with Gasteiger partial charge in [0.25, 0.3) is 0 Å². The van der Waals surface area contributed by atoms with E-state index in [1.165, 1.54) is 63.8 Å². The molecule has 0 aliphatic carbocycles. The summed E-state index contributed by atoms with van der Waals surface area (Å²) in [4.78, 5) is 0. The average molecular weight is 483 g/mol. The summed E-state index contributed by atoms with van der Waals surface area (Å²) in [6, 6.07) is 23.6. The quantitative estimate of drug-likeness (QED) is 0.269. The zero-order chi connectivity index (χ0) is 26.5. The molecule has 194 valence electrons. The van der Waals surface area contributed by atoms with E-state index in [-0.39, 0.29) is 5.41 Å². The van der Waals surface area contributed by atoms with Crippen LogP contribution < -0.4 is 0 Å². The first-order chi connectivity index (χ1) is 17.1. The van der Waals surface area contributed by atoms with Gasteiger partial charge in [0.05, 0.1) is 0 Å². The van der Waals surface area contributed by atoms with Gasteiger partial charge in [-0.05, 0) is 102 Å². The molecule has 0 spiro atoms. The maximum absolute atomic E-state index is 2.49. The van der Waals surface area contributed by atoms with Crippen molar-refractivity contribution in [2.45, 2.75) is 106 Å². The first-order valence-corrected chi connectivity index (χ1v) is 14.4. The van der Waals surface area contributed by atoms with E-state index < -0.39 is 0 Å². The lowest BCUT2D eigenvalue weighted by molar-refractivity contribution is 0.219. The highest BCUT2D eigenvalue weighted by molar-refractivity contribution is 5.69. The van der Waals surface area contributed by atoms with Crippen LogP contribution in [-0.2, 0) is 18.3 Å². The highest BCUT2D eigenvalue weighted by Gasteiger charge is 2.31. The van der Waals surface area contributed by atoms with Crippen LogP contribution in [0.4, 0.5) is 0 Å². The molecule has 0 aliphatic heterocycles. The van der Waals surface area contributed by atoms with Gasteiger partial charge in [-0.1, -0.05) is 116 Å². The van der Waals surface area contributed by atoms with Crippen LogP contribution in [0.25, 0.3) is 11.1 Å². The Balaban J connectivity index is 1.94. The fraction of sp³-hybridized carbons (Fsp3) is 0.500. The van der Waals surface area contributed by atoms with Crippen LogP contribution in [0.5, 0.6) is 0 Å². The summed E-state index contributed by atoms with van der Waals surface area (Å²) in [7, 11) is 0. The zero-order valence-electron chi connectivity index (χ0n) is 24.6. The van der Waals surface area contributed by atoms with Gasteiger partial charge in [-0.2, -0.15) is 0 Å². The van der Waals surface area contributed by atoms with Gasteiger partial charge in [-0.25, -0.2) is 0 Å². The summed E-state index contributed by atoms with van der Waals surface area (Å²) in [6.07, 6.45) is 6.99. The average Bonchev–Trinajstić information content (AvgIpc) is 2.86. The molecule has 0 fully saturated rings. The van der Waals surface area contributed by atoms with Gasteiger partial charge >= 0.3 is 0 Å². The Kier molecular flexibility index (Phi) is 9.26. The SMILES string of the molecule is CCc1cccc(-c2ccc(C(CC)(CC)c3ccc(CCC(CC)C(C)(C)C)c(C)c3)cc2C)c1. The molecular weight excluding hydrogens is 432 g/mol.